The van der Waals surface area contributed by atoms with Gasteiger partial charge in [-0.1, -0.05) is 28.1 Å². The van der Waals surface area contributed by atoms with Gasteiger partial charge in [0.25, 0.3) is 0 Å². The molecule has 1 fully saturated rings. The summed E-state index contributed by atoms with van der Waals surface area (Å²) in [5, 5.41) is 2.87. The lowest BCUT2D eigenvalue weighted by Crippen LogP contribution is -2.32. The maximum Gasteiger partial charge on any atom is 0.241 e. The molecule has 2 nitrogen and oxygen atoms in total. The van der Waals surface area contributed by atoms with Crippen LogP contribution in [0.5, 0.6) is 0 Å². The molecule has 1 aliphatic heterocycles. The van der Waals surface area contributed by atoms with Gasteiger partial charge in [-0.05, 0) is 19.4 Å². The van der Waals surface area contributed by atoms with Gasteiger partial charge in [0.15, 0.2) is 0 Å². The number of allylic oxidation sites excluding steroid dienone is 4. The average Bonchev–Trinajstić information content (AvgIpc) is 2.25. The fraction of sp³-hybridized carbons (Fsp3) is 0.444. The minimum atomic E-state index is -0.413. The van der Waals surface area contributed by atoms with Crippen LogP contribution in [-0.2, 0) is 4.79 Å². The van der Waals surface area contributed by atoms with Crippen LogP contribution in [0.25, 0.3) is 0 Å². The van der Waals surface area contributed by atoms with Gasteiger partial charge in [-0.15, -0.1) is 0 Å². The maximum absolute atomic E-state index is 11.4. The highest BCUT2D eigenvalue weighted by Crippen LogP contribution is 2.41. The highest BCUT2D eigenvalue weighted by Gasteiger charge is 2.47. The van der Waals surface area contributed by atoms with Gasteiger partial charge in [0.1, 0.15) is 4.32 Å². The van der Waals surface area contributed by atoms with Gasteiger partial charge < -0.3 is 5.32 Å². The number of halogens is 1. The first-order chi connectivity index (χ1) is 5.62. The summed E-state index contributed by atoms with van der Waals surface area (Å²) in [6.07, 6.45) is 6.99. The Morgan fingerprint density at radius 2 is 2.50 bits per heavy atom. The second kappa shape index (κ2) is 2.46. The zero-order valence-corrected chi connectivity index (χ0v) is 8.39. The van der Waals surface area contributed by atoms with Crippen molar-refractivity contribution in [2.45, 2.75) is 17.7 Å². The van der Waals surface area contributed by atoms with E-state index in [1.807, 2.05) is 19.1 Å². The molecule has 2 aliphatic rings. The minimum Gasteiger partial charge on any atom is -0.328 e. The van der Waals surface area contributed by atoms with Gasteiger partial charge in [-0.2, -0.15) is 0 Å². The monoisotopic (exact) mass is 227 g/mol. The summed E-state index contributed by atoms with van der Waals surface area (Å²) in [4.78, 5) is 11.4. The minimum absolute atomic E-state index is 0.0717. The topological polar surface area (TPSA) is 29.1 Å². The molecular formula is C9H10BrNO. The Kier molecular flexibility index (Phi) is 1.65. The smallest absolute Gasteiger partial charge is 0.241 e. The van der Waals surface area contributed by atoms with Crippen LogP contribution in [0.15, 0.2) is 23.9 Å². The van der Waals surface area contributed by atoms with Crippen molar-refractivity contribution >= 4 is 21.8 Å². The number of alkyl halides is 1. The van der Waals surface area contributed by atoms with E-state index in [-0.39, 0.29) is 11.8 Å². The van der Waals surface area contributed by atoms with Gasteiger partial charge in [-0.25, -0.2) is 0 Å². The molecule has 0 aromatic carbocycles. The van der Waals surface area contributed by atoms with Crippen molar-refractivity contribution in [3.63, 3.8) is 0 Å². The van der Waals surface area contributed by atoms with Crippen LogP contribution in [0, 0.1) is 5.92 Å². The first-order valence-electron chi connectivity index (χ1n) is 3.99. The normalized spacial score (nSPS) is 39.0. The lowest BCUT2D eigenvalue weighted by atomic mass is 9.89. The Bertz CT molecular complexity index is 291. The van der Waals surface area contributed by atoms with E-state index in [1.165, 1.54) is 0 Å². The number of hydrogen-bond acceptors (Lipinski definition) is 1. The molecule has 1 amide bonds. The lowest BCUT2D eigenvalue weighted by molar-refractivity contribution is -0.120. The molecule has 0 bridgehead atoms. The standard InChI is InChI=1S/C9H10BrNO/c1-9(10)6-4-2-3-5-7(6)11-8(9)12/h2-3,5-6H,4H2,1H3,(H,11,12). The third-order valence-corrected chi connectivity index (χ3v) is 3.43. The number of hydrogen-bond donors (Lipinski definition) is 1. The SMILES string of the molecule is CC1(Br)C(=O)NC2=CC=CCC21. The Morgan fingerprint density at radius 1 is 1.75 bits per heavy atom. The van der Waals surface area contributed by atoms with E-state index in [4.69, 9.17) is 0 Å². The summed E-state index contributed by atoms with van der Waals surface area (Å²) in [5.74, 6) is 0.359. The summed E-state index contributed by atoms with van der Waals surface area (Å²) < 4.78 is -0.413. The zero-order valence-electron chi connectivity index (χ0n) is 6.80. The van der Waals surface area contributed by atoms with Crippen molar-refractivity contribution in [1.82, 2.24) is 5.32 Å². The molecule has 0 aromatic heterocycles. The molecular weight excluding hydrogens is 218 g/mol. The summed E-state index contributed by atoms with van der Waals surface area (Å²) in [6.45, 7) is 1.92. The summed E-state index contributed by atoms with van der Waals surface area (Å²) in [6, 6.07) is 0. The van der Waals surface area contributed by atoms with Gasteiger partial charge >= 0.3 is 0 Å². The van der Waals surface area contributed by atoms with E-state index in [0.29, 0.717) is 0 Å². The number of carbonyl (C=O) groups is 1. The molecule has 1 aliphatic carbocycles. The largest absolute Gasteiger partial charge is 0.328 e. The molecule has 2 unspecified atom stereocenters. The van der Waals surface area contributed by atoms with E-state index < -0.39 is 4.32 Å². The average molecular weight is 228 g/mol. The van der Waals surface area contributed by atoms with E-state index in [0.717, 1.165) is 12.1 Å². The van der Waals surface area contributed by atoms with Crippen LogP contribution >= 0.6 is 15.9 Å². The van der Waals surface area contributed by atoms with Crippen molar-refractivity contribution in [2.24, 2.45) is 5.92 Å². The van der Waals surface area contributed by atoms with Crippen LogP contribution in [0.3, 0.4) is 0 Å². The third-order valence-electron chi connectivity index (χ3n) is 2.52. The molecule has 2 rings (SSSR count). The molecule has 1 heterocycles. The fourth-order valence-electron chi connectivity index (χ4n) is 1.68. The number of nitrogens with one attached hydrogen (secondary N) is 1. The van der Waals surface area contributed by atoms with Crippen molar-refractivity contribution in [3.8, 4) is 0 Å². The molecule has 1 saturated heterocycles. The van der Waals surface area contributed by atoms with E-state index in [9.17, 15) is 4.79 Å². The van der Waals surface area contributed by atoms with Crippen LogP contribution in [-0.4, -0.2) is 10.2 Å². The highest BCUT2D eigenvalue weighted by molar-refractivity contribution is 9.10. The van der Waals surface area contributed by atoms with Crippen molar-refractivity contribution in [2.75, 3.05) is 0 Å². The molecule has 0 saturated carbocycles. The number of amides is 1. The fourth-order valence-corrected chi connectivity index (χ4v) is 2.22. The van der Waals surface area contributed by atoms with Crippen molar-refractivity contribution in [1.29, 1.82) is 0 Å². The maximum atomic E-state index is 11.4. The van der Waals surface area contributed by atoms with Gasteiger partial charge in [0, 0.05) is 11.6 Å². The lowest BCUT2D eigenvalue weighted by Gasteiger charge is -2.21. The number of carbonyl (C=O) groups excluding carboxylic acids is 1. The second-order valence-corrected chi connectivity index (χ2v) is 5.02. The Balaban J connectivity index is 2.39. The van der Waals surface area contributed by atoms with Crippen LogP contribution in [0.2, 0.25) is 0 Å². The summed E-state index contributed by atoms with van der Waals surface area (Å²) in [7, 11) is 0. The van der Waals surface area contributed by atoms with Crippen LogP contribution in [0.4, 0.5) is 0 Å². The van der Waals surface area contributed by atoms with Crippen molar-refractivity contribution in [3.05, 3.63) is 23.9 Å². The molecule has 0 spiro atoms. The zero-order chi connectivity index (χ0) is 8.77. The molecule has 1 N–H and O–H groups in total. The predicted octanol–water partition coefficient (Wildman–Crippen LogP) is 1.73. The van der Waals surface area contributed by atoms with Crippen LogP contribution in [0.1, 0.15) is 13.3 Å². The van der Waals surface area contributed by atoms with Gasteiger partial charge in [-0.3, -0.25) is 4.79 Å². The predicted molar refractivity (Wildman–Crippen MR) is 50.8 cm³/mol. The number of rotatable bonds is 0. The van der Waals surface area contributed by atoms with Gasteiger partial charge in [0.2, 0.25) is 5.91 Å². The first-order valence-corrected chi connectivity index (χ1v) is 4.79. The number of fused-ring (bicyclic) bond motifs is 1. The molecule has 2 atom stereocenters. The summed E-state index contributed by atoms with van der Waals surface area (Å²) in [5.41, 5.74) is 1.04. The highest BCUT2D eigenvalue weighted by atomic mass is 79.9. The Morgan fingerprint density at radius 3 is 3.17 bits per heavy atom. The third kappa shape index (κ3) is 0.959. The van der Waals surface area contributed by atoms with E-state index >= 15 is 0 Å². The van der Waals surface area contributed by atoms with Crippen LogP contribution < -0.4 is 5.32 Å². The van der Waals surface area contributed by atoms with Gasteiger partial charge in [0.05, 0.1) is 0 Å². The van der Waals surface area contributed by atoms with E-state index in [2.05, 4.69) is 27.3 Å². The quantitative estimate of drug-likeness (QED) is 0.628. The molecule has 3 heteroatoms. The Labute approximate surface area is 79.8 Å². The first kappa shape index (κ1) is 8.05. The Hall–Kier alpha value is -0.570. The molecule has 64 valence electrons. The molecule has 12 heavy (non-hydrogen) atoms. The van der Waals surface area contributed by atoms with Crippen molar-refractivity contribution < 1.29 is 4.79 Å². The molecule has 0 aromatic rings. The van der Waals surface area contributed by atoms with E-state index in [1.54, 1.807) is 0 Å². The summed E-state index contributed by atoms with van der Waals surface area (Å²) >= 11 is 3.46. The molecule has 0 radical (unpaired) electrons. The second-order valence-electron chi connectivity index (χ2n) is 3.37.